The van der Waals surface area contributed by atoms with E-state index < -0.39 is 13.4 Å². The molecule has 6 heteroatoms. The van der Waals surface area contributed by atoms with Gasteiger partial charge in [0, 0.05) is 5.69 Å². The SMILES string of the molecule is CCOP(=O)(OCC)[C@H](Nc1cccc(C)c1)c1ccc(F)cc1. The summed E-state index contributed by atoms with van der Waals surface area (Å²) in [6.45, 7) is 6.01. The Hall–Kier alpha value is -1.68. The van der Waals surface area contributed by atoms with Crippen molar-refractivity contribution in [1.29, 1.82) is 0 Å². The zero-order valence-corrected chi connectivity index (χ0v) is 15.1. The van der Waals surface area contributed by atoms with Crippen LogP contribution in [0.1, 0.15) is 30.8 Å². The standard InChI is InChI=1S/C18H23FNO3P/c1-4-22-24(21,23-5-2)18(15-9-11-16(19)12-10-15)20-17-8-6-7-14(3)13-17/h6-13,18,20H,4-5H2,1-3H3/t18-/m0/s1. The van der Waals surface area contributed by atoms with Gasteiger partial charge in [-0.1, -0.05) is 24.3 Å². The van der Waals surface area contributed by atoms with E-state index in [-0.39, 0.29) is 19.0 Å². The summed E-state index contributed by atoms with van der Waals surface area (Å²) in [4.78, 5) is 0. The second-order valence-electron chi connectivity index (χ2n) is 5.34. The van der Waals surface area contributed by atoms with Crippen molar-refractivity contribution in [1.82, 2.24) is 0 Å². The summed E-state index contributed by atoms with van der Waals surface area (Å²) in [6, 6.07) is 13.6. The molecular weight excluding hydrogens is 328 g/mol. The van der Waals surface area contributed by atoms with Gasteiger partial charge < -0.3 is 14.4 Å². The molecule has 0 saturated heterocycles. The van der Waals surface area contributed by atoms with E-state index in [1.165, 1.54) is 12.1 Å². The summed E-state index contributed by atoms with van der Waals surface area (Å²) >= 11 is 0. The Morgan fingerprint density at radius 1 is 1.08 bits per heavy atom. The van der Waals surface area contributed by atoms with Gasteiger partial charge in [0.2, 0.25) is 0 Å². The minimum atomic E-state index is -3.48. The first-order chi connectivity index (χ1) is 11.5. The van der Waals surface area contributed by atoms with Crippen LogP contribution in [-0.2, 0) is 13.6 Å². The number of nitrogens with one attached hydrogen (secondary N) is 1. The van der Waals surface area contributed by atoms with Gasteiger partial charge in [-0.25, -0.2) is 4.39 Å². The number of rotatable bonds is 8. The minimum Gasteiger partial charge on any atom is -0.368 e. The maximum atomic E-state index is 13.3. The zero-order chi connectivity index (χ0) is 17.6. The van der Waals surface area contributed by atoms with Gasteiger partial charge in [-0.15, -0.1) is 0 Å². The lowest BCUT2D eigenvalue weighted by Gasteiger charge is -2.28. The van der Waals surface area contributed by atoms with Crippen LogP contribution >= 0.6 is 7.60 Å². The van der Waals surface area contributed by atoms with Gasteiger partial charge in [0.25, 0.3) is 0 Å². The first-order valence-corrected chi connectivity index (χ1v) is 9.57. The zero-order valence-electron chi connectivity index (χ0n) is 14.2. The van der Waals surface area contributed by atoms with E-state index in [0.717, 1.165) is 11.3 Å². The first kappa shape index (κ1) is 18.7. The Morgan fingerprint density at radius 2 is 1.71 bits per heavy atom. The molecule has 1 N–H and O–H groups in total. The van der Waals surface area contributed by atoms with Crippen molar-refractivity contribution < 1.29 is 18.0 Å². The van der Waals surface area contributed by atoms with Crippen LogP contribution in [0.15, 0.2) is 48.5 Å². The molecule has 0 aromatic heterocycles. The highest BCUT2D eigenvalue weighted by Crippen LogP contribution is 2.60. The number of hydrogen-bond donors (Lipinski definition) is 1. The monoisotopic (exact) mass is 351 g/mol. The van der Waals surface area contributed by atoms with Gasteiger partial charge in [0.15, 0.2) is 5.78 Å². The van der Waals surface area contributed by atoms with Crippen LogP contribution in [0.2, 0.25) is 0 Å². The van der Waals surface area contributed by atoms with Crippen molar-refractivity contribution in [3.05, 3.63) is 65.5 Å². The van der Waals surface area contributed by atoms with Crippen LogP contribution in [0.25, 0.3) is 0 Å². The summed E-state index contributed by atoms with van der Waals surface area (Å²) in [5, 5.41) is 3.23. The molecule has 0 fully saturated rings. The second-order valence-corrected chi connectivity index (χ2v) is 7.46. The Morgan fingerprint density at radius 3 is 2.25 bits per heavy atom. The van der Waals surface area contributed by atoms with E-state index >= 15 is 0 Å². The Kier molecular flexibility index (Phi) is 6.55. The molecule has 0 amide bonds. The molecule has 24 heavy (non-hydrogen) atoms. The summed E-state index contributed by atoms with van der Waals surface area (Å²) in [5.74, 6) is -1.07. The predicted molar refractivity (Wildman–Crippen MR) is 94.8 cm³/mol. The van der Waals surface area contributed by atoms with Gasteiger partial charge in [-0.05, 0) is 56.2 Å². The van der Waals surface area contributed by atoms with Crippen molar-refractivity contribution in [2.24, 2.45) is 0 Å². The van der Waals surface area contributed by atoms with E-state index in [1.807, 2.05) is 31.2 Å². The van der Waals surface area contributed by atoms with Crippen molar-refractivity contribution >= 4 is 13.3 Å². The summed E-state index contributed by atoms with van der Waals surface area (Å²) in [6.07, 6.45) is 0. The van der Waals surface area contributed by atoms with Crippen LogP contribution in [-0.4, -0.2) is 13.2 Å². The maximum absolute atomic E-state index is 13.3. The van der Waals surface area contributed by atoms with Gasteiger partial charge in [0.05, 0.1) is 13.2 Å². The molecule has 2 rings (SSSR count). The van der Waals surface area contributed by atoms with Crippen LogP contribution in [0.4, 0.5) is 10.1 Å². The molecule has 0 radical (unpaired) electrons. The second kappa shape index (κ2) is 8.43. The molecule has 2 aromatic rings. The molecule has 0 aliphatic carbocycles. The molecule has 1 atom stereocenters. The van der Waals surface area contributed by atoms with Gasteiger partial charge >= 0.3 is 7.60 Å². The van der Waals surface area contributed by atoms with Crippen molar-refractivity contribution in [2.75, 3.05) is 18.5 Å². The summed E-state index contributed by atoms with van der Waals surface area (Å²) in [7, 11) is -3.48. The number of hydrogen-bond acceptors (Lipinski definition) is 4. The van der Waals surface area contributed by atoms with E-state index in [9.17, 15) is 8.96 Å². The quantitative estimate of drug-likeness (QED) is 0.637. The van der Waals surface area contributed by atoms with Crippen molar-refractivity contribution in [3.8, 4) is 0 Å². The Balaban J connectivity index is 2.43. The highest BCUT2D eigenvalue weighted by atomic mass is 31.2. The lowest BCUT2D eigenvalue weighted by atomic mass is 10.2. The van der Waals surface area contributed by atoms with Gasteiger partial charge in [0.1, 0.15) is 5.82 Å². The molecule has 2 aromatic carbocycles. The molecule has 0 heterocycles. The topological polar surface area (TPSA) is 47.6 Å². The number of anilines is 1. The third kappa shape index (κ3) is 4.67. The Labute approximate surface area is 142 Å². The number of benzene rings is 2. The van der Waals surface area contributed by atoms with E-state index in [4.69, 9.17) is 9.05 Å². The number of aryl methyl sites for hydroxylation is 1. The summed E-state index contributed by atoms with van der Waals surface area (Å²) in [5.41, 5.74) is 2.51. The fourth-order valence-corrected chi connectivity index (χ4v) is 4.37. The van der Waals surface area contributed by atoms with Crippen molar-refractivity contribution in [3.63, 3.8) is 0 Å². The molecule has 130 valence electrons. The third-order valence-corrected chi connectivity index (χ3v) is 5.74. The van der Waals surface area contributed by atoms with E-state index in [0.29, 0.717) is 5.56 Å². The number of halogens is 1. The van der Waals surface area contributed by atoms with E-state index in [1.54, 1.807) is 26.0 Å². The third-order valence-electron chi connectivity index (χ3n) is 3.44. The van der Waals surface area contributed by atoms with Gasteiger partial charge in [-0.3, -0.25) is 4.57 Å². The minimum absolute atomic E-state index is 0.254. The predicted octanol–water partition coefficient (Wildman–Crippen LogP) is 5.51. The van der Waals surface area contributed by atoms with Crippen molar-refractivity contribution in [2.45, 2.75) is 26.6 Å². The molecule has 0 aliphatic rings. The summed E-state index contributed by atoms with van der Waals surface area (Å²) < 4.78 is 37.6. The average Bonchev–Trinajstić information content (AvgIpc) is 2.54. The molecule has 0 aliphatic heterocycles. The fraction of sp³-hybridized carbons (Fsp3) is 0.333. The Bertz CT molecular complexity index is 696. The van der Waals surface area contributed by atoms with Crippen LogP contribution in [0, 0.1) is 12.7 Å². The molecule has 4 nitrogen and oxygen atoms in total. The molecular formula is C18H23FNO3P. The highest BCUT2D eigenvalue weighted by Gasteiger charge is 2.37. The van der Waals surface area contributed by atoms with Crippen LogP contribution in [0.5, 0.6) is 0 Å². The smallest absolute Gasteiger partial charge is 0.357 e. The lowest BCUT2D eigenvalue weighted by Crippen LogP contribution is -2.15. The molecule has 0 spiro atoms. The largest absolute Gasteiger partial charge is 0.368 e. The van der Waals surface area contributed by atoms with E-state index in [2.05, 4.69) is 5.32 Å². The molecule has 0 bridgehead atoms. The first-order valence-electron chi connectivity index (χ1n) is 7.96. The lowest BCUT2D eigenvalue weighted by molar-refractivity contribution is 0.214. The molecule has 0 saturated carbocycles. The maximum Gasteiger partial charge on any atom is 0.357 e. The fourth-order valence-electron chi connectivity index (χ4n) is 2.43. The normalized spacial score (nSPS) is 12.8. The highest BCUT2D eigenvalue weighted by molar-refractivity contribution is 7.54. The molecule has 0 unspecified atom stereocenters. The van der Waals surface area contributed by atoms with Crippen LogP contribution in [0.3, 0.4) is 0 Å². The van der Waals surface area contributed by atoms with Gasteiger partial charge in [-0.2, -0.15) is 0 Å². The van der Waals surface area contributed by atoms with Crippen LogP contribution < -0.4 is 5.32 Å². The average molecular weight is 351 g/mol.